The number of carbonyl (C=O) groups excluding carboxylic acids is 1. The summed E-state index contributed by atoms with van der Waals surface area (Å²) in [6.45, 7) is 4.97. The molecule has 33 heavy (non-hydrogen) atoms. The maximum Gasteiger partial charge on any atom is 0.254 e. The van der Waals surface area contributed by atoms with Crippen LogP contribution in [0.25, 0.3) is 0 Å². The van der Waals surface area contributed by atoms with Crippen molar-refractivity contribution >= 4 is 17.5 Å². The summed E-state index contributed by atoms with van der Waals surface area (Å²) in [7, 11) is 0. The van der Waals surface area contributed by atoms with Gasteiger partial charge in [0.05, 0.1) is 12.7 Å². The minimum Gasteiger partial charge on any atom is -0.377 e. The van der Waals surface area contributed by atoms with Gasteiger partial charge in [0.1, 0.15) is 5.82 Å². The largest absolute Gasteiger partial charge is 0.377 e. The summed E-state index contributed by atoms with van der Waals surface area (Å²) in [5, 5.41) is 0.812. The highest BCUT2D eigenvalue weighted by Gasteiger charge is 2.43. The molecule has 0 bridgehead atoms. The van der Waals surface area contributed by atoms with Crippen LogP contribution in [0.15, 0.2) is 60.9 Å². The van der Waals surface area contributed by atoms with Crippen LogP contribution in [0.2, 0.25) is 5.02 Å². The number of halogens is 1. The predicted octanol–water partition coefficient (Wildman–Crippen LogP) is 5.15. The molecule has 1 aromatic heterocycles. The Morgan fingerprint density at radius 1 is 1.12 bits per heavy atom. The molecule has 2 aliphatic heterocycles. The van der Waals surface area contributed by atoms with Gasteiger partial charge in [0.15, 0.2) is 0 Å². The van der Waals surface area contributed by atoms with Gasteiger partial charge in [0.25, 0.3) is 5.91 Å². The van der Waals surface area contributed by atoms with Crippen molar-refractivity contribution in [3.63, 3.8) is 0 Å². The number of carbonyl (C=O) groups is 1. The molecule has 1 spiro atoms. The second-order valence-electron chi connectivity index (χ2n) is 9.48. The first-order valence-electron chi connectivity index (χ1n) is 11.7. The number of aryl methyl sites for hydroxylation is 1. The van der Waals surface area contributed by atoms with Crippen LogP contribution >= 0.6 is 11.6 Å². The average molecular weight is 464 g/mol. The number of hydrogen-bond acceptors (Lipinski definition) is 3. The fourth-order valence-corrected chi connectivity index (χ4v) is 5.47. The van der Waals surface area contributed by atoms with Crippen molar-refractivity contribution in [3.8, 4) is 0 Å². The van der Waals surface area contributed by atoms with Crippen LogP contribution in [0.3, 0.4) is 0 Å². The normalized spacial score (nSPS) is 19.8. The zero-order chi connectivity index (χ0) is 22.8. The van der Waals surface area contributed by atoms with Gasteiger partial charge in [-0.3, -0.25) is 4.79 Å². The van der Waals surface area contributed by atoms with E-state index in [1.807, 2.05) is 60.5 Å². The van der Waals surface area contributed by atoms with Crippen molar-refractivity contribution < 1.29 is 9.53 Å². The van der Waals surface area contributed by atoms with Gasteiger partial charge in [-0.05, 0) is 54.9 Å². The van der Waals surface area contributed by atoms with Crippen molar-refractivity contribution in [1.29, 1.82) is 0 Å². The number of ether oxygens (including phenoxy) is 1. The quantitative estimate of drug-likeness (QED) is 0.526. The van der Waals surface area contributed by atoms with Crippen molar-refractivity contribution in [2.24, 2.45) is 5.41 Å². The first-order valence-corrected chi connectivity index (χ1v) is 12.1. The summed E-state index contributed by atoms with van der Waals surface area (Å²) in [4.78, 5) is 19.8. The molecule has 1 amide bonds. The summed E-state index contributed by atoms with van der Waals surface area (Å²) in [6.07, 6.45) is 7.82. The average Bonchev–Trinajstić information content (AvgIpc) is 3.42. The van der Waals surface area contributed by atoms with Gasteiger partial charge in [-0.25, -0.2) is 4.98 Å². The molecule has 2 aliphatic rings. The number of aromatic nitrogens is 2. The van der Waals surface area contributed by atoms with Crippen LogP contribution in [0.5, 0.6) is 0 Å². The van der Waals surface area contributed by atoms with Crippen LogP contribution in [0.1, 0.15) is 46.6 Å². The molecule has 172 valence electrons. The van der Waals surface area contributed by atoms with E-state index >= 15 is 0 Å². The lowest BCUT2D eigenvalue weighted by atomic mass is 9.76. The third kappa shape index (κ3) is 4.71. The monoisotopic (exact) mass is 463 g/mol. The van der Waals surface area contributed by atoms with Crippen molar-refractivity contribution in [2.75, 3.05) is 19.7 Å². The number of rotatable bonds is 5. The van der Waals surface area contributed by atoms with Gasteiger partial charge in [0, 0.05) is 49.0 Å². The number of hydrogen-bond donors (Lipinski definition) is 0. The molecule has 0 radical (unpaired) electrons. The lowest BCUT2D eigenvalue weighted by molar-refractivity contribution is 0.0495. The topological polar surface area (TPSA) is 47.4 Å². The van der Waals surface area contributed by atoms with Gasteiger partial charge in [-0.2, -0.15) is 0 Å². The van der Waals surface area contributed by atoms with Crippen LogP contribution in [0, 0.1) is 12.3 Å². The fourth-order valence-electron chi connectivity index (χ4n) is 5.26. The Labute approximate surface area is 200 Å². The van der Waals surface area contributed by atoms with Crippen LogP contribution in [0.4, 0.5) is 0 Å². The summed E-state index contributed by atoms with van der Waals surface area (Å²) in [6, 6.07) is 16.0. The number of piperidine rings is 1. The summed E-state index contributed by atoms with van der Waals surface area (Å²) >= 11 is 6.35. The Morgan fingerprint density at radius 2 is 1.85 bits per heavy atom. The molecule has 3 aromatic rings. The van der Waals surface area contributed by atoms with Crippen LogP contribution < -0.4 is 0 Å². The van der Waals surface area contributed by atoms with Gasteiger partial charge >= 0.3 is 0 Å². The lowest BCUT2D eigenvalue weighted by Gasteiger charge is -2.38. The molecule has 0 unspecified atom stereocenters. The molecule has 2 aromatic carbocycles. The Morgan fingerprint density at radius 3 is 2.58 bits per heavy atom. The van der Waals surface area contributed by atoms with E-state index in [-0.39, 0.29) is 17.4 Å². The Balaban J connectivity index is 1.22. The molecule has 1 atom stereocenters. The maximum atomic E-state index is 13.4. The standard InChI is InChI=1S/C27H30ClN3O2/c1-20-29-12-15-31(20)18-22-7-2-4-8-24(22)26(32)30-13-10-27(11-14-30)17-23(33-19-27)16-21-6-3-5-9-25(21)28/h2-9,12,15,23H,10-11,13-14,16-19H2,1H3/t23-/m0/s1. The van der Waals surface area contributed by atoms with Crippen molar-refractivity contribution in [1.82, 2.24) is 14.5 Å². The highest BCUT2D eigenvalue weighted by atomic mass is 35.5. The maximum absolute atomic E-state index is 13.4. The zero-order valence-corrected chi connectivity index (χ0v) is 19.8. The first-order chi connectivity index (χ1) is 16.0. The third-order valence-corrected chi connectivity index (χ3v) is 7.68. The summed E-state index contributed by atoms with van der Waals surface area (Å²) < 4.78 is 8.28. The first kappa shape index (κ1) is 22.2. The molecule has 0 N–H and O–H groups in total. The Bertz CT molecular complexity index is 1130. The highest BCUT2D eigenvalue weighted by molar-refractivity contribution is 6.31. The van der Waals surface area contributed by atoms with E-state index in [4.69, 9.17) is 16.3 Å². The fraction of sp³-hybridized carbons (Fsp3) is 0.407. The number of nitrogens with zero attached hydrogens (tertiary/aromatic N) is 3. The smallest absolute Gasteiger partial charge is 0.254 e. The third-order valence-electron chi connectivity index (χ3n) is 7.31. The molecule has 5 nitrogen and oxygen atoms in total. The molecular weight excluding hydrogens is 434 g/mol. The van der Waals surface area contributed by atoms with Gasteiger partial charge in [0.2, 0.25) is 0 Å². The van der Waals surface area contributed by atoms with E-state index in [1.54, 1.807) is 6.20 Å². The minimum absolute atomic E-state index is 0.129. The molecular formula is C27H30ClN3O2. The second-order valence-corrected chi connectivity index (χ2v) is 9.89. The van der Waals surface area contributed by atoms with E-state index in [1.165, 1.54) is 0 Å². The zero-order valence-electron chi connectivity index (χ0n) is 19.0. The SMILES string of the molecule is Cc1nccn1Cc1ccccc1C(=O)N1CCC2(CC1)CO[C@@H](Cc1ccccc1Cl)C2. The Kier molecular flexibility index (Phi) is 6.26. The van der Waals surface area contributed by atoms with Gasteiger partial charge < -0.3 is 14.2 Å². The molecule has 5 rings (SSSR count). The van der Waals surface area contributed by atoms with Crippen molar-refractivity contribution in [2.45, 2.75) is 45.3 Å². The van der Waals surface area contributed by atoms with E-state index in [0.717, 1.165) is 72.9 Å². The second kappa shape index (κ2) is 9.32. The summed E-state index contributed by atoms with van der Waals surface area (Å²) in [5.74, 6) is 1.08. The Hall–Kier alpha value is -2.63. The predicted molar refractivity (Wildman–Crippen MR) is 130 cm³/mol. The molecule has 2 fully saturated rings. The van der Waals surface area contributed by atoms with Gasteiger partial charge in [-0.1, -0.05) is 48.0 Å². The van der Waals surface area contributed by atoms with E-state index in [2.05, 4.69) is 15.6 Å². The number of likely N-dealkylation sites (tertiary alicyclic amines) is 1. The molecule has 3 heterocycles. The molecule has 0 aliphatic carbocycles. The number of benzene rings is 2. The number of imidazole rings is 1. The van der Waals surface area contributed by atoms with Crippen LogP contribution in [-0.4, -0.2) is 46.2 Å². The van der Waals surface area contributed by atoms with Gasteiger partial charge in [-0.15, -0.1) is 0 Å². The lowest BCUT2D eigenvalue weighted by Crippen LogP contribution is -2.43. The number of amides is 1. The highest BCUT2D eigenvalue weighted by Crippen LogP contribution is 2.43. The molecule has 2 saturated heterocycles. The van der Waals surface area contributed by atoms with Crippen LogP contribution in [-0.2, 0) is 17.7 Å². The molecule has 6 heteroatoms. The molecule has 0 saturated carbocycles. The minimum atomic E-state index is 0.129. The van der Waals surface area contributed by atoms with Crippen molar-refractivity contribution in [3.05, 3.63) is 88.5 Å². The van der Waals surface area contributed by atoms with E-state index in [0.29, 0.717) is 6.54 Å². The van der Waals surface area contributed by atoms with E-state index in [9.17, 15) is 4.79 Å². The summed E-state index contributed by atoms with van der Waals surface area (Å²) in [5.41, 5.74) is 3.16. The van der Waals surface area contributed by atoms with E-state index < -0.39 is 0 Å².